The van der Waals surface area contributed by atoms with Crippen LogP contribution in [0.25, 0.3) is 11.2 Å². The maximum atomic E-state index is 6.00. The zero-order chi connectivity index (χ0) is 11.0. The Hall–Kier alpha value is -1.42. The standard InChI is InChI=1S/C12H16N4/c13-9-3-1-2-8(6-9)11-7-15-12-10(16-11)4-5-14-12/h4-5,7-9H,1-3,6,13H2,(H,14,15). The molecule has 0 aliphatic heterocycles. The molecule has 4 heteroatoms. The van der Waals surface area contributed by atoms with Crippen molar-refractivity contribution in [3.8, 4) is 0 Å². The molecule has 0 saturated heterocycles. The molecule has 84 valence electrons. The minimum atomic E-state index is 0.336. The lowest BCUT2D eigenvalue weighted by atomic mass is 9.84. The Kier molecular flexibility index (Phi) is 2.36. The van der Waals surface area contributed by atoms with Gasteiger partial charge in [-0.2, -0.15) is 0 Å². The van der Waals surface area contributed by atoms with Crippen molar-refractivity contribution >= 4 is 11.2 Å². The summed E-state index contributed by atoms with van der Waals surface area (Å²) in [5.41, 5.74) is 8.92. The van der Waals surface area contributed by atoms with E-state index in [1.165, 1.54) is 12.8 Å². The lowest BCUT2D eigenvalue weighted by Crippen LogP contribution is -2.27. The van der Waals surface area contributed by atoms with Crippen LogP contribution in [0.3, 0.4) is 0 Å². The summed E-state index contributed by atoms with van der Waals surface area (Å²) in [7, 11) is 0. The molecule has 0 aromatic carbocycles. The number of hydrogen-bond acceptors (Lipinski definition) is 3. The molecule has 1 saturated carbocycles. The van der Waals surface area contributed by atoms with Crippen LogP contribution in [0.15, 0.2) is 18.5 Å². The molecule has 0 spiro atoms. The number of nitrogens with one attached hydrogen (secondary N) is 1. The van der Waals surface area contributed by atoms with Crippen LogP contribution in [0.5, 0.6) is 0 Å². The van der Waals surface area contributed by atoms with Crippen LogP contribution in [-0.2, 0) is 0 Å². The Balaban J connectivity index is 1.92. The molecule has 4 nitrogen and oxygen atoms in total. The van der Waals surface area contributed by atoms with Crippen molar-refractivity contribution in [1.29, 1.82) is 0 Å². The van der Waals surface area contributed by atoms with Crippen molar-refractivity contribution in [3.63, 3.8) is 0 Å². The molecule has 1 aliphatic carbocycles. The quantitative estimate of drug-likeness (QED) is 0.765. The second-order valence-electron chi connectivity index (χ2n) is 4.63. The van der Waals surface area contributed by atoms with E-state index in [1.807, 2.05) is 18.5 Å². The van der Waals surface area contributed by atoms with Crippen LogP contribution in [0.2, 0.25) is 0 Å². The fourth-order valence-electron chi connectivity index (χ4n) is 2.54. The third-order valence-electron chi connectivity index (χ3n) is 3.41. The molecule has 16 heavy (non-hydrogen) atoms. The zero-order valence-corrected chi connectivity index (χ0v) is 9.19. The second-order valence-corrected chi connectivity index (χ2v) is 4.63. The van der Waals surface area contributed by atoms with E-state index in [2.05, 4.69) is 15.0 Å². The van der Waals surface area contributed by atoms with Gasteiger partial charge in [-0.15, -0.1) is 0 Å². The smallest absolute Gasteiger partial charge is 0.156 e. The maximum Gasteiger partial charge on any atom is 0.156 e. The molecule has 0 radical (unpaired) electrons. The first-order valence-corrected chi connectivity index (χ1v) is 5.88. The van der Waals surface area contributed by atoms with Gasteiger partial charge in [0.05, 0.1) is 11.9 Å². The Morgan fingerprint density at radius 1 is 1.38 bits per heavy atom. The summed E-state index contributed by atoms with van der Waals surface area (Å²) in [6.45, 7) is 0. The number of rotatable bonds is 1. The highest BCUT2D eigenvalue weighted by Gasteiger charge is 2.22. The molecule has 1 aliphatic rings. The van der Waals surface area contributed by atoms with Gasteiger partial charge < -0.3 is 10.7 Å². The van der Waals surface area contributed by atoms with Crippen molar-refractivity contribution in [2.24, 2.45) is 5.73 Å². The number of aromatic nitrogens is 3. The summed E-state index contributed by atoms with van der Waals surface area (Å²) in [6.07, 6.45) is 8.36. The van der Waals surface area contributed by atoms with E-state index in [-0.39, 0.29) is 0 Å². The van der Waals surface area contributed by atoms with E-state index in [9.17, 15) is 0 Å². The number of aromatic amines is 1. The fourth-order valence-corrected chi connectivity index (χ4v) is 2.54. The summed E-state index contributed by atoms with van der Waals surface area (Å²) in [6, 6.07) is 2.30. The maximum absolute atomic E-state index is 6.00. The molecule has 2 aromatic rings. The monoisotopic (exact) mass is 216 g/mol. The summed E-state index contributed by atoms with van der Waals surface area (Å²) in [5.74, 6) is 0.496. The highest BCUT2D eigenvalue weighted by molar-refractivity contribution is 5.69. The van der Waals surface area contributed by atoms with Gasteiger partial charge in [0.1, 0.15) is 5.52 Å². The molecule has 2 heterocycles. The predicted molar refractivity (Wildman–Crippen MR) is 63.1 cm³/mol. The van der Waals surface area contributed by atoms with E-state index in [0.29, 0.717) is 12.0 Å². The van der Waals surface area contributed by atoms with Crippen molar-refractivity contribution in [3.05, 3.63) is 24.2 Å². The highest BCUT2D eigenvalue weighted by atomic mass is 14.9. The van der Waals surface area contributed by atoms with Gasteiger partial charge in [-0.25, -0.2) is 9.97 Å². The molecule has 0 amide bonds. The van der Waals surface area contributed by atoms with E-state index in [0.717, 1.165) is 29.7 Å². The van der Waals surface area contributed by atoms with Crippen LogP contribution in [-0.4, -0.2) is 21.0 Å². The normalized spacial score (nSPS) is 26.1. The van der Waals surface area contributed by atoms with Crippen molar-refractivity contribution < 1.29 is 0 Å². The topological polar surface area (TPSA) is 67.6 Å². The van der Waals surface area contributed by atoms with Gasteiger partial charge in [0.15, 0.2) is 5.65 Å². The van der Waals surface area contributed by atoms with Crippen LogP contribution >= 0.6 is 0 Å². The Labute approximate surface area is 94.3 Å². The van der Waals surface area contributed by atoms with E-state index in [4.69, 9.17) is 5.73 Å². The van der Waals surface area contributed by atoms with Gasteiger partial charge in [-0.3, -0.25) is 0 Å². The summed E-state index contributed by atoms with van der Waals surface area (Å²) < 4.78 is 0. The molecule has 1 fully saturated rings. The van der Waals surface area contributed by atoms with E-state index in [1.54, 1.807) is 0 Å². The molecular weight excluding hydrogens is 200 g/mol. The number of H-pyrrole nitrogens is 1. The van der Waals surface area contributed by atoms with Crippen molar-refractivity contribution in [2.45, 2.75) is 37.6 Å². The first-order valence-electron chi connectivity index (χ1n) is 5.88. The predicted octanol–water partition coefficient (Wildman–Crippen LogP) is 1.94. The number of hydrogen-bond donors (Lipinski definition) is 2. The third-order valence-corrected chi connectivity index (χ3v) is 3.41. The summed E-state index contributed by atoms with van der Waals surface area (Å²) in [5, 5.41) is 0. The van der Waals surface area contributed by atoms with Crippen LogP contribution < -0.4 is 5.73 Å². The SMILES string of the molecule is NC1CCCC(c2cnc3[nH]ccc3n2)C1. The molecular formula is C12H16N4. The molecule has 0 bridgehead atoms. The fraction of sp³-hybridized carbons (Fsp3) is 0.500. The molecule has 2 atom stereocenters. The van der Waals surface area contributed by atoms with E-state index >= 15 is 0 Å². The first-order chi connectivity index (χ1) is 7.83. The van der Waals surface area contributed by atoms with Crippen LogP contribution in [0.4, 0.5) is 0 Å². The minimum absolute atomic E-state index is 0.336. The molecule has 2 aromatic heterocycles. The van der Waals surface area contributed by atoms with Gasteiger partial charge in [-0.05, 0) is 25.3 Å². The van der Waals surface area contributed by atoms with Crippen molar-refractivity contribution in [1.82, 2.24) is 15.0 Å². The number of fused-ring (bicyclic) bond motifs is 1. The summed E-state index contributed by atoms with van der Waals surface area (Å²) >= 11 is 0. The number of nitrogens with zero attached hydrogens (tertiary/aromatic N) is 2. The lowest BCUT2D eigenvalue weighted by molar-refractivity contribution is 0.388. The Morgan fingerprint density at radius 3 is 3.19 bits per heavy atom. The second kappa shape index (κ2) is 3.87. The first kappa shape index (κ1) is 9.78. The molecule has 3 rings (SSSR count). The van der Waals surface area contributed by atoms with Crippen LogP contribution in [0.1, 0.15) is 37.3 Å². The summed E-state index contributed by atoms with van der Waals surface area (Å²) in [4.78, 5) is 12.1. The molecule has 2 unspecified atom stereocenters. The average Bonchev–Trinajstić information content (AvgIpc) is 2.75. The van der Waals surface area contributed by atoms with Crippen molar-refractivity contribution in [2.75, 3.05) is 0 Å². The number of nitrogens with two attached hydrogens (primary N) is 1. The zero-order valence-electron chi connectivity index (χ0n) is 9.19. The highest BCUT2D eigenvalue weighted by Crippen LogP contribution is 2.31. The van der Waals surface area contributed by atoms with Crippen LogP contribution in [0, 0.1) is 0 Å². The Morgan fingerprint density at radius 2 is 2.31 bits per heavy atom. The van der Waals surface area contributed by atoms with Gasteiger partial charge >= 0.3 is 0 Å². The lowest BCUT2D eigenvalue weighted by Gasteiger charge is -2.25. The minimum Gasteiger partial charge on any atom is -0.345 e. The average molecular weight is 216 g/mol. The van der Waals surface area contributed by atoms with Gasteiger partial charge in [0.25, 0.3) is 0 Å². The van der Waals surface area contributed by atoms with E-state index < -0.39 is 0 Å². The van der Waals surface area contributed by atoms with Gasteiger partial charge in [0, 0.05) is 18.2 Å². The Bertz CT molecular complexity index is 490. The molecule has 3 N–H and O–H groups in total. The van der Waals surface area contributed by atoms with Gasteiger partial charge in [0.2, 0.25) is 0 Å². The van der Waals surface area contributed by atoms with Gasteiger partial charge in [-0.1, -0.05) is 6.42 Å². The largest absolute Gasteiger partial charge is 0.345 e. The third kappa shape index (κ3) is 1.69.